The molecule has 42 heavy (non-hydrogen) atoms. The topological polar surface area (TPSA) is 87.5 Å². The van der Waals surface area contributed by atoms with E-state index in [1.54, 1.807) is 25.6 Å². The molecule has 0 aliphatic carbocycles. The Morgan fingerprint density at radius 2 is 2.10 bits per heavy atom. The minimum atomic E-state index is -0.399. The van der Waals surface area contributed by atoms with Crippen molar-refractivity contribution in [3.8, 4) is 22.6 Å². The van der Waals surface area contributed by atoms with Crippen LogP contribution >= 0.6 is 11.3 Å². The minimum Gasteiger partial charge on any atom is -0.496 e. The first-order valence-corrected chi connectivity index (χ1v) is 14.9. The highest BCUT2D eigenvalue weighted by molar-refractivity contribution is 7.08. The van der Waals surface area contributed by atoms with Gasteiger partial charge in [0.2, 0.25) is 0 Å². The molecule has 11 heteroatoms. The van der Waals surface area contributed by atoms with Crippen molar-refractivity contribution in [2.24, 2.45) is 0 Å². The van der Waals surface area contributed by atoms with Crippen LogP contribution in [0.15, 0.2) is 58.6 Å². The number of rotatable bonds is 9. The second-order valence-corrected chi connectivity index (χ2v) is 11.8. The molecule has 1 aromatic carbocycles. The summed E-state index contributed by atoms with van der Waals surface area (Å²) in [6.45, 7) is 7.87. The van der Waals surface area contributed by atoms with E-state index in [4.69, 9.17) is 23.7 Å². The third-order valence-corrected chi connectivity index (χ3v) is 8.51. The molecule has 0 N–H and O–H groups in total. The van der Waals surface area contributed by atoms with Gasteiger partial charge in [-0.3, -0.25) is 9.48 Å². The molecule has 0 unspecified atom stereocenters. The number of hydrogen-bond acceptors (Lipinski definition) is 9. The zero-order valence-corrected chi connectivity index (χ0v) is 25.2. The molecule has 2 aromatic heterocycles. The zero-order chi connectivity index (χ0) is 29.3. The molecule has 5 heterocycles. The van der Waals surface area contributed by atoms with E-state index in [1.165, 1.54) is 0 Å². The number of aromatic nitrogens is 2. The van der Waals surface area contributed by atoms with Crippen LogP contribution in [0.1, 0.15) is 19.4 Å². The second-order valence-electron chi connectivity index (χ2n) is 11.0. The van der Waals surface area contributed by atoms with E-state index in [1.807, 2.05) is 34.1 Å². The standard InChI is InChI=1S/C31H36N4O6S/c1-31(2)19-39-11-9-35(31)30(36)23-5-7-34(22-6-12-42-18-22)29-25-13-24(27(38-4)14-28(25)41-17-26(23)29)21-15-32-33(16-21)8-10-40-20-37-3/h5-6,12-16,18H,7-11,17,19-20H2,1-4H3. The number of anilines is 1. The van der Waals surface area contributed by atoms with Gasteiger partial charge in [0.1, 0.15) is 24.9 Å². The lowest BCUT2D eigenvalue weighted by molar-refractivity contribution is -0.141. The number of morpholine rings is 1. The van der Waals surface area contributed by atoms with E-state index < -0.39 is 5.54 Å². The van der Waals surface area contributed by atoms with Crippen molar-refractivity contribution < 1.29 is 28.5 Å². The maximum atomic E-state index is 14.1. The number of fused-ring (bicyclic) bond motifs is 2. The molecule has 1 fully saturated rings. The van der Waals surface area contributed by atoms with E-state index in [0.29, 0.717) is 50.8 Å². The Labute approximate surface area is 249 Å². The second kappa shape index (κ2) is 11.9. The van der Waals surface area contributed by atoms with Crippen LogP contribution in [0, 0.1) is 0 Å². The number of nitrogens with zero attached hydrogens (tertiary/aromatic N) is 4. The Hall–Kier alpha value is -3.64. The molecule has 1 saturated heterocycles. The summed E-state index contributed by atoms with van der Waals surface area (Å²) in [6, 6.07) is 6.14. The Morgan fingerprint density at radius 3 is 2.86 bits per heavy atom. The molecule has 3 aliphatic heterocycles. The summed E-state index contributed by atoms with van der Waals surface area (Å²) < 4.78 is 30.1. The summed E-state index contributed by atoms with van der Waals surface area (Å²) in [6.07, 6.45) is 5.84. The van der Waals surface area contributed by atoms with Gasteiger partial charge in [-0.25, -0.2) is 0 Å². The van der Waals surface area contributed by atoms with Crippen molar-refractivity contribution in [2.45, 2.75) is 25.9 Å². The predicted octanol–water partition coefficient (Wildman–Crippen LogP) is 4.43. The third-order valence-electron chi connectivity index (χ3n) is 7.84. The van der Waals surface area contributed by atoms with Crippen molar-refractivity contribution in [2.75, 3.05) is 65.4 Å². The number of methoxy groups -OCH3 is 2. The molecule has 0 saturated carbocycles. The molecule has 1 amide bonds. The molecule has 10 nitrogen and oxygen atoms in total. The number of carbonyl (C=O) groups is 1. The summed E-state index contributed by atoms with van der Waals surface area (Å²) >= 11 is 1.65. The van der Waals surface area contributed by atoms with E-state index in [9.17, 15) is 4.79 Å². The third kappa shape index (κ3) is 5.33. The molecule has 0 spiro atoms. The van der Waals surface area contributed by atoms with Crippen molar-refractivity contribution in [3.63, 3.8) is 0 Å². The number of ether oxygens (including phenoxy) is 5. The summed E-state index contributed by atoms with van der Waals surface area (Å²) in [7, 11) is 3.26. The lowest BCUT2D eigenvalue weighted by atomic mass is 9.89. The number of hydrogen-bond donors (Lipinski definition) is 0. The van der Waals surface area contributed by atoms with Crippen LogP contribution in [-0.4, -0.2) is 86.7 Å². The summed E-state index contributed by atoms with van der Waals surface area (Å²) in [5, 5.41) is 8.73. The van der Waals surface area contributed by atoms with Gasteiger partial charge in [0.05, 0.1) is 56.6 Å². The lowest BCUT2D eigenvalue weighted by Crippen LogP contribution is -2.56. The number of thiophene rings is 1. The van der Waals surface area contributed by atoms with Gasteiger partial charge in [0, 0.05) is 65.7 Å². The van der Waals surface area contributed by atoms with Crippen LogP contribution in [0.5, 0.6) is 11.5 Å². The molecule has 0 atom stereocenters. The van der Waals surface area contributed by atoms with Crippen molar-refractivity contribution in [3.05, 3.63) is 64.1 Å². The fourth-order valence-corrected chi connectivity index (χ4v) is 6.36. The summed E-state index contributed by atoms with van der Waals surface area (Å²) in [5.74, 6) is 1.42. The Balaban J connectivity index is 1.42. The highest BCUT2D eigenvalue weighted by Gasteiger charge is 2.40. The molecule has 3 aliphatic rings. The average molecular weight is 593 g/mol. The van der Waals surface area contributed by atoms with Gasteiger partial charge >= 0.3 is 0 Å². The molecular formula is C31H36N4O6S. The molecule has 3 aromatic rings. The van der Waals surface area contributed by atoms with Gasteiger partial charge in [0.25, 0.3) is 5.91 Å². The Kier molecular flexibility index (Phi) is 8.09. The van der Waals surface area contributed by atoms with Gasteiger partial charge in [0.15, 0.2) is 0 Å². The van der Waals surface area contributed by atoms with Gasteiger partial charge < -0.3 is 33.5 Å². The number of benzene rings is 1. The van der Waals surface area contributed by atoms with Gasteiger partial charge in [-0.2, -0.15) is 16.4 Å². The monoisotopic (exact) mass is 592 g/mol. The van der Waals surface area contributed by atoms with Gasteiger partial charge in [-0.1, -0.05) is 6.08 Å². The maximum Gasteiger partial charge on any atom is 0.254 e. The van der Waals surface area contributed by atoms with E-state index in [0.717, 1.165) is 39.4 Å². The smallest absolute Gasteiger partial charge is 0.254 e. The van der Waals surface area contributed by atoms with E-state index in [-0.39, 0.29) is 19.3 Å². The normalized spacial score (nSPS) is 17.9. The average Bonchev–Trinajstić information content (AvgIpc) is 3.70. The quantitative estimate of drug-likeness (QED) is 0.267. The Morgan fingerprint density at radius 1 is 1.21 bits per heavy atom. The highest BCUT2D eigenvalue weighted by Crippen LogP contribution is 2.47. The van der Waals surface area contributed by atoms with Crippen LogP contribution < -0.4 is 14.4 Å². The van der Waals surface area contributed by atoms with Crippen molar-refractivity contribution >= 4 is 28.6 Å². The Bertz CT molecular complexity index is 1510. The van der Waals surface area contributed by atoms with Gasteiger partial charge in [-0.15, -0.1) is 0 Å². The summed E-state index contributed by atoms with van der Waals surface area (Å²) in [5.41, 5.74) is 5.95. The van der Waals surface area contributed by atoms with Gasteiger partial charge in [-0.05, 0) is 31.4 Å². The zero-order valence-electron chi connectivity index (χ0n) is 24.4. The first-order valence-electron chi connectivity index (χ1n) is 14.0. The van der Waals surface area contributed by atoms with Crippen LogP contribution in [0.2, 0.25) is 0 Å². The highest BCUT2D eigenvalue weighted by atomic mass is 32.1. The van der Waals surface area contributed by atoms with E-state index in [2.05, 4.69) is 46.7 Å². The minimum absolute atomic E-state index is 0.0125. The fourth-order valence-electron chi connectivity index (χ4n) is 5.72. The van der Waals surface area contributed by atoms with Crippen molar-refractivity contribution in [1.29, 1.82) is 0 Å². The number of amides is 1. The van der Waals surface area contributed by atoms with Crippen LogP contribution in [0.4, 0.5) is 5.69 Å². The largest absolute Gasteiger partial charge is 0.496 e. The van der Waals surface area contributed by atoms with Crippen molar-refractivity contribution in [1.82, 2.24) is 14.7 Å². The maximum absolute atomic E-state index is 14.1. The fraction of sp³-hybridized carbons (Fsp3) is 0.419. The predicted molar refractivity (Wildman–Crippen MR) is 161 cm³/mol. The first-order chi connectivity index (χ1) is 20.4. The lowest BCUT2D eigenvalue weighted by Gasteiger charge is -2.44. The SMILES string of the molecule is COCOCCn1cc(-c2cc3c(cc2OC)OCC2=C3N(c3ccsc3)CC=C2C(=O)N2CCOCC2(C)C)cn1. The molecular weight excluding hydrogens is 556 g/mol. The summed E-state index contributed by atoms with van der Waals surface area (Å²) in [4.78, 5) is 18.3. The van der Waals surface area contributed by atoms with Crippen LogP contribution in [0.3, 0.4) is 0 Å². The van der Waals surface area contributed by atoms with E-state index >= 15 is 0 Å². The molecule has 0 radical (unpaired) electrons. The molecule has 222 valence electrons. The first kappa shape index (κ1) is 28.5. The molecule has 0 bridgehead atoms. The van der Waals surface area contributed by atoms with Crippen LogP contribution in [-0.2, 0) is 25.5 Å². The molecule has 6 rings (SSSR count). The van der Waals surface area contributed by atoms with Crippen LogP contribution in [0.25, 0.3) is 16.8 Å². The number of carbonyl (C=O) groups excluding carboxylic acids is 1.